The second kappa shape index (κ2) is 5.09. The molecule has 4 nitrogen and oxygen atoms in total. The lowest BCUT2D eigenvalue weighted by Gasteiger charge is -2.07. The number of rotatable bonds is 2. The van der Waals surface area contributed by atoms with Crippen LogP contribution in [-0.4, -0.2) is 16.1 Å². The molecule has 0 atom stereocenters. The highest BCUT2D eigenvalue weighted by atomic mass is 79.9. The minimum absolute atomic E-state index is 0.130. The van der Waals surface area contributed by atoms with E-state index in [2.05, 4.69) is 31.4 Å². The number of aromatic amines is 1. The molecule has 1 amide bonds. The second-order valence-electron chi connectivity index (χ2n) is 4.55. The predicted molar refractivity (Wildman–Crippen MR) is 82.9 cm³/mol. The molecule has 1 aromatic heterocycles. The van der Waals surface area contributed by atoms with Crippen LogP contribution in [0.3, 0.4) is 0 Å². The molecule has 2 aromatic carbocycles. The van der Waals surface area contributed by atoms with Crippen LogP contribution in [0.25, 0.3) is 10.9 Å². The summed E-state index contributed by atoms with van der Waals surface area (Å²) >= 11 is 3.43. The number of carbonyl (C=O) groups excluding carboxylic acids is 1. The summed E-state index contributed by atoms with van der Waals surface area (Å²) in [5, 5.41) is 10.7. The van der Waals surface area contributed by atoms with E-state index in [1.54, 1.807) is 12.3 Å². The Morgan fingerprint density at radius 3 is 2.95 bits per heavy atom. The zero-order valence-electron chi connectivity index (χ0n) is 10.8. The highest BCUT2D eigenvalue weighted by Gasteiger charge is 2.10. The number of aromatic nitrogens is 2. The van der Waals surface area contributed by atoms with E-state index in [4.69, 9.17) is 0 Å². The number of amides is 1. The maximum Gasteiger partial charge on any atom is 0.255 e. The predicted octanol–water partition coefficient (Wildman–Crippen LogP) is 3.89. The first-order chi connectivity index (χ1) is 9.65. The average Bonchev–Trinajstić information content (AvgIpc) is 2.91. The van der Waals surface area contributed by atoms with Gasteiger partial charge in [0.15, 0.2) is 0 Å². The van der Waals surface area contributed by atoms with E-state index in [0.717, 1.165) is 26.6 Å². The van der Waals surface area contributed by atoms with Crippen LogP contribution < -0.4 is 5.32 Å². The van der Waals surface area contributed by atoms with Crippen LogP contribution in [0.4, 0.5) is 5.69 Å². The summed E-state index contributed by atoms with van der Waals surface area (Å²) in [5.74, 6) is -0.130. The van der Waals surface area contributed by atoms with Gasteiger partial charge in [0.2, 0.25) is 0 Å². The van der Waals surface area contributed by atoms with E-state index >= 15 is 0 Å². The van der Waals surface area contributed by atoms with Crippen molar-refractivity contribution >= 4 is 38.4 Å². The summed E-state index contributed by atoms with van der Waals surface area (Å²) in [5.41, 5.74) is 3.31. The SMILES string of the molecule is Cc1cc(C(=O)Nc2cccc3[nH]ncc23)ccc1Br. The van der Waals surface area contributed by atoms with Crippen LogP contribution in [0.1, 0.15) is 15.9 Å². The molecule has 0 aliphatic rings. The summed E-state index contributed by atoms with van der Waals surface area (Å²) in [7, 11) is 0. The highest BCUT2D eigenvalue weighted by molar-refractivity contribution is 9.10. The molecule has 0 fully saturated rings. The van der Waals surface area contributed by atoms with Gasteiger partial charge in [-0.2, -0.15) is 5.10 Å². The number of H-pyrrole nitrogens is 1. The van der Waals surface area contributed by atoms with E-state index in [9.17, 15) is 4.79 Å². The van der Waals surface area contributed by atoms with Crippen molar-refractivity contribution in [1.29, 1.82) is 0 Å². The van der Waals surface area contributed by atoms with Crippen LogP contribution in [0.5, 0.6) is 0 Å². The Bertz CT molecular complexity index is 795. The van der Waals surface area contributed by atoms with Gasteiger partial charge >= 0.3 is 0 Å². The Morgan fingerprint density at radius 2 is 2.15 bits per heavy atom. The number of hydrogen-bond acceptors (Lipinski definition) is 2. The molecule has 0 aliphatic carbocycles. The largest absolute Gasteiger partial charge is 0.321 e. The van der Waals surface area contributed by atoms with Gasteiger partial charge < -0.3 is 5.32 Å². The first-order valence-corrected chi connectivity index (χ1v) is 6.94. The summed E-state index contributed by atoms with van der Waals surface area (Å²) in [6.07, 6.45) is 1.71. The van der Waals surface area contributed by atoms with Gasteiger partial charge in [-0.3, -0.25) is 9.89 Å². The molecule has 20 heavy (non-hydrogen) atoms. The highest BCUT2D eigenvalue weighted by Crippen LogP contribution is 2.22. The first-order valence-electron chi connectivity index (χ1n) is 6.15. The summed E-state index contributed by atoms with van der Waals surface area (Å²) in [6.45, 7) is 1.96. The van der Waals surface area contributed by atoms with E-state index in [-0.39, 0.29) is 5.91 Å². The molecule has 3 aromatic rings. The van der Waals surface area contributed by atoms with E-state index in [0.29, 0.717) is 5.56 Å². The van der Waals surface area contributed by atoms with Crippen LogP contribution in [0.2, 0.25) is 0 Å². The fraction of sp³-hybridized carbons (Fsp3) is 0.0667. The fourth-order valence-electron chi connectivity index (χ4n) is 2.06. The third-order valence-electron chi connectivity index (χ3n) is 3.15. The molecule has 0 bridgehead atoms. The molecule has 100 valence electrons. The van der Waals surface area contributed by atoms with Gasteiger partial charge in [0, 0.05) is 15.4 Å². The van der Waals surface area contributed by atoms with Crippen LogP contribution in [-0.2, 0) is 0 Å². The molecule has 2 N–H and O–H groups in total. The Hall–Kier alpha value is -2.14. The minimum atomic E-state index is -0.130. The molecule has 0 spiro atoms. The normalized spacial score (nSPS) is 10.7. The number of carbonyl (C=O) groups is 1. The van der Waals surface area contributed by atoms with Crippen LogP contribution in [0, 0.1) is 6.92 Å². The fourth-order valence-corrected chi connectivity index (χ4v) is 2.30. The van der Waals surface area contributed by atoms with Gasteiger partial charge in [-0.05, 0) is 42.8 Å². The molecule has 0 aliphatic heterocycles. The maximum absolute atomic E-state index is 12.3. The van der Waals surface area contributed by atoms with Crippen LogP contribution in [0.15, 0.2) is 47.1 Å². The lowest BCUT2D eigenvalue weighted by molar-refractivity contribution is 0.102. The van der Waals surface area contributed by atoms with Crippen molar-refractivity contribution in [2.75, 3.05) is 5.32 Å². The van der Waals surface area contributed by atoms with Gasteiger partial charge in [-0.1, -0.05) is 22.0 Å². The van der Waals surface area contributed by atoms with Crippen LogP contribution >= 0.6 is 15.9 Å². The first kappa shape index (κ1) is 12.9. The Balaban J connectivity index is 1.92. The third-order valence-corrected chi connectivity index (χ3v) is 4.04. The van der Waals surface area contributed by atoms with Crippen molar-refractivity contribution in [3.63, 3.8) is 0 Å². The Morgan fingerprint density at radius 1 is 1.30 bits per heavy atom. The molecular weight excluding hydrogens is 318 g/mol. The average molecular weight is 330 g/mol. The van der Waals surface area contributed by atoms with E-state index in [1.807, 2.05) is 37.3 Å². The lowest BCUT2D eigenvalue weighted by Crippen LogP contribution is -2.12. The minimum Gasteiger partial charge on any atom is -0.321 e. The Kier molecular flexibility index (Phi) is 3.28. The van der Waals surface area contributed by atoms with Crippen molar-refractivity contribution < 1.29 is 4.79 Å². The number of fused-ring (bicyclic) bond motifs is 1. The van der Waals surface area contributed by atoms with Gasteiger partial charge in [0.1, 0.15) is 0 Å². The number of nitrogens with one attached hydrogen (secondary N) is 2. The summed E-state index contributed by atoms with van der Waals surface area (Å²) in [6, 6.07) is 11.2. The zero-order chi connectivity index (χ0) is 14.1. The monoisotopic (exact) mass is 329 g/mol. The van der Waals surface area contributed by atoms with E-state index in [1.165, 1.54) is 0 Å². The smallest absolute Gasteiger partial charge is 0.255 e. The van der Waals surface area contributed by atoms with Gasteiger partial charge in [0.25, 0.3) is 5.91 Å². The molecule has 3 rings (SSSR count). The topological polar surface area (TPSA) is 57.8 Å². The van der Waals surface area contributed by atoms with Crippen molar-refractivity contribution in [2.24, 2.45) is 0 Å². The number of nitrogens with zero attached hydrogens (tertiary/aromatic N) is 1. The number of aryl methyl sites for hydroxylation is 1. The quantitative estimate of drug-likeness (QED) is 0.749. The maximum atomic E-state index is 12.3. The molecule has 5 heteroatoms. The standard InChI is InChI=1S/C15H12BrN3O/c1-9-7-10(5-6-12(9)16)15(20)18-13-3-2-4-14-11(13)8-17-19-14/h2-8H,1H3,(H,17,19)(H,18,20). The Labute approximate surface area is 124 Å². The van der Waals surface area contributed by atoms with Crippen molar-refractivity contribution in [3.05, 3.63) is 58.2 Å². The van der Waals surface area contributed by atoms with Gasteiger partial charge in [-0.15, -0.1) is 0 Å². The summed E-state index contributed by atoms with van der Waals surface area (Å²) < 4.78 is 0.992. The van der Waals surface area contributed by atoms with Gasteiger partial charge in [-0.25, -0.2) is 0 Å². The van der Waals surface area contributed by atoms with E-state index < -0.39 is 0 Å². The number of benzene rings is 2. The van der Waals surface area contributed by atoms with Crippen molar-refractivity contribution in [2.45, 2.75) is 6.92 Å². The zero-order valence-corrected chi connectivity index (χ0v) is 12.4. The molecule has 0 saturated heterocycles. The third kappa shape index (κ3) is 2.32. The second-order valence-corrected chi connectivity index (χ2v) is 5.41. The number of anilines is 1. The van der Waals surface area contributed by atoms with Gasteiger partial charge in [0.05, 0.1) is 17.4 Å². The number of hydrogen-bond donors (Lipinski definition) is 2. The number of halogens is 1. The molecule has 0 unspecified atom stereocenters. The lowest BCUT2D eigenvalue weighted by atomic mass is 10.1. The van der Waals surface area contributed by atoms with Crippen molar-refractivity contribution in [3.8, 4) is 0 Å². The molecule has 0 saturated carbocycles. The molecule has 0 radical (unpaired) electrons. The molecular formula is C15H12BrN3O. The summed E-state index contributed by atoms with van der Waals surface area (Å²) in [4.78, 5) is 12.3. The van der Waals surface area contributed by atoms with Crippen molar-refractivity contribution in [1.82, 2.24) is 10.2 Å². The molecule has 1 heterocycles.